The van der Waals surface area contributed by atoms with Gasteiger partial charge in [0.2, 0.25) is 0 Å². The first-order chi connectivity index (χ1) is 13.0. The fraction of sp³-hybridized carbons (Fsp3) is 0.304. The lowest BCUT2D eigenvalue weighted by Crippen LogP contribution is -2.19. The van der Waals surface area contributed by atoms with Gasteiger partial charge in [0.05, 0.1) is 0 Å². The number of aryl methyl sites for hydroxylation is 2. The minimum absolute atomic E-state index is 0.0539. The van der Waals surface area contributed by atoms with Crippen molar-refractivity contribution < 1.29 is 9.47 Å². The highest BCUT2D eigenvalue weighted by Gasteiger charge is 2.18. The molecule has 0 spiro atoms. The fourth-order valence-corrected chi connectivity index (χ4v) is 3.98. The zero-order valence-corrected chi connectivity index (χ0v) is 17.3. The quantitative estimate of drug-likeness (QED) is 0.462. The summed E-state index contributed by atoms with van der Waals surface area (Å²) >= 11 is 1.83. The van der Waals surface area contributed by atoms with Gasteiger partial charge in [0.15, 0.2) is 0 Å². The predicted molar refractivity (Wildman–Crippen MR) is 113 cm³/mol. The van der Waals surface area contributed by atoms with Crippen molar-refractivity contribution in [1.29, 1.82) is 0 Å². The van der Waals surface area contributed by atoms with Gasteiger partial charge in [-0.25, -0.2) is 0 Å². The molecule has 0 saturated carbocycles. The fourth-order valence-electron chi connectivity index (χ4n) is 3.00. The number of rotatable bonds is 8. The third kappa shape index (κ3) is 5.59. The molecule has 3 rings (SSSR count). The molecule has 0 N–H and O–H groups in total. The van der Waals surface area contributed by atoms with Gasteiger partial charge in [-0.15, -0.1) is 11.3 Å². The molecule has 27 heavy (non-hydrogen) atoms. The minimum atomic E-state index is 0.0539. The molecule has 0 fully saturated rings. The number of para-hydroxylation sites is 1. The van der Waals surface area contributed by atoms with Gasteiger partial charge in [0.1, 0.15) is 23.4 Å². The molecule has 1 aromatic heterocycles. The van der Waals surface area contributed by atoms with Crippen molar-refractivity contribution in [2.75, 3.05) is 20.6 Å². The van der Waals surface area contributed by atoms with Crippen LogP contribution in [0.5, 0.6) is 17.2 Å². The van der Waals surface area contributed by atoms with Gasteiger partial charge in [-0.3, -0.25) is 0 Å². The highest BCUT2D eigenvalue weighted by Crippen LogP contribution is 2.33. The van der Waals surface area contributed by atoms with E-state index in [1.807, 2.05) is 65.9 Å². The molecule has 0 radical (unpaired) electrons. The second-order valence-corrected chi connectivity index (χ2v) is 8.41. The van der Waals surface area contributed by atoms with E-state index in [2.05, 4.69) is 38.9 Å². The third-order valence-electron chi connectivity index (χ3n) is 4.35. The Morgan fingerprint density at radius 1 is 0.889 bits per heavy atom. The average Bonchev–Trinajstić information content (AvgIpc) is 2.99. The normalized spacial score (nSPS) is 12.2. The molecule has 1 unspecified atom stereocenters. The van der Waals surface area contributed by atoms with Crippen LogP contribution < -0.4 is 9.47 Å². The zero-order valence-electron chi connectivity index (χ0n) is 16.4. The van der Waals surface area contributed by atoms with E-state index >= 15 is 0 Å². The monoisotopic (exact) mass is 381 g/mol. The van der Waals surface area contributed by atoms with E-state index in [1.165, 1.54) is 15.3 Å². The van der Waals surface area contributed by atoms with Gasteiger partial charge in [0, 0.05) is 28.3 Å². The van der Waals surface area contributed by atoms with Crippen molar-refractivity contribution in [2.45, 2.75) is 26.4 Å². The molecular formula is C23H27NO2S. The number of hydrogen-bond acceptors (Lipinski definition) is 4. The van der Waals surface area contributed by atoms with Gasteiger partial charge in [-0.1, -0.05) is 18.2 Å². The van der Waals surface area contributed by atoms with Crippen LogP contribution in [0, 0.1) is 13.8 Å². The molecule has 2 aromatic carbocycles. The predicted octanol–water partition coefficient (Wildman–Crippen LogP) is 6.23. The first kappa shape index (κ1) is 19.5. The summed E-state index contributed by atoms with van der Waals surface area (Å²) in [6.07, 6.45) is 1.00. The van der Waals surface area contributed by atoms with Crippen LogP contribution in [0.2, 0.25) is 0 Å². The Morgan fingerprint density at radius 2 is 1.52 bits per heavy atom. The molecule has 0 amide bonds. The number of benzene rings is 2. The Bertz CT molecular complexity index is 841. The molecule has 3 aromatic rings. The lowest BCUT2D eigenvalue weighted by atomic mass is 10.1. The summed E-state index contributed by atoms with van der Waals surface area (Å²) in [6.45, 7) is 5.31. The van der Waals surface area contributed by atoms with Gasteiger partial charge in [-0.05, 0) is 70.4 Å². The maximum absolute atomic E-state index is 6.37. The summed E-state index contributed by atoms with van der Waals surface area (Å²) in [5, 5.41) is 0. The molecule has 0 aliphatic carbocycles. The van der Waals surface area contributed by atoms with E-state index in [9.17, 15) is 0 Å². The topological polar surface area (TPSA) is 21.7 Å². The van der Waals surface area contributed by atoms with E-state index in [-0.39, 0.29) is 6.10 Å². The Hall–Kier alpha value is -2.30. The molecule has 142 valence electrons. The van der Waals surface area contributed by atoms with Crippen molar-refractivity contribution >= 4 is 11.3 Å². The first-order valence-electron chi connectivity index (χ1n) is 9.22. The number of nitrogens with zero attached hydrogens (tertiary/aromatic N) is 1. The second-order valence-electron chi connectivity index (χ2n) is 6.95. The van der Waals surface area contributed by atoms with E-state index in [4.69, 9.17) is 9.47 Å². The average molecular weight is 382 g/mol. The first-order valence-corrected chi connectivity index (χ1v) is 10.0. The molecule has 0 saturated heterocycles. The summed E-state index contributed by atoms with van der Waals surface area (Å²) in [5.41, 5.74) is 1.30. The lowest BCUT2D eigenvalue weighted by Gasteiger charge is -2.21. The molecule has 3 nitrogen and oxygen atoms in total. The smallest absolute Gasteiger partial charge is 0.127 e. The molecule has 1 heterocycles. The van der Waals surface area contributed by atoms with Crippen LogP contribution in [0.25, 0.3) is 0 Å². The maximum Gasteiger partial charge on any atom is 0.127 e. The Morgan fingerprint density at radius 3 is 2.11 bits per heavy atom. The van der Waals surface area contributed by atoms with E-state index in [1.54, 1.807) is 0 Å². The second kappa shape index (κ2) is 9.07. The lowest BCUT2D eigenvalue weighted by molar-refractivity contribution is 0.179. The summed E-state index contributed by atoms with van der Waals surface area (Å²) in [7, 11) is 4.19. The van der Waals surface area contributed by atoms with Crippen LogP contribution in [0.1, 0.15) is 27.8 Å². The summed E-state index contributed by atoms with van der Waals surface area (Å²) in [5.74, 6) is 2.50. The van der Waals surface area contributed by atoms with E-state index in [0.717, 1.165) is 30.2 Å². The van der Waals surface area contributed by atoms with Crippen LogP contribution in [0.4, 0.5) is 0 Å². The molecule has 0 aliphatic rings. The summed E-state index contributed by atoms with van der Waals surface area (Å²) in [4.78, 5) is 4.86. The Balaban J connectivity index is 1.72. The summed E-state index contributed by atoms with van der Waals surface area (Å²) < 4.78 is 12.2. The standard InChI is InChI=1S/C23H27NO2S/c1-17-16-22(18(2)27-17)23(14-15-24(3)4)26-21-12-10-20(11-13-21)25-19-8-6-5-7-9-19/h5-13,16,23H,14-15H2,1-4H3. The van der Waals surface area contributed by atoms with Crippen molar-refractivity contribution in [3.63, 3.8) is 0 Å². The number of thiophene rings is 1. The third-order valence-corrected chi connectivity index (χ3v) is 5.33. The largest absolute Gasteiger partial charge is 0.486 e. The van der Waals surface area contributed by atoms with Gasteiger partial charge in [0.25, 0.3) is 0 Å². The maximum atomic E-state index is 6.37. The minimum Gasteiger partial charge on any atom is -0.486 e. The highest BCUT2D eigenvalue weighted by molar-refractivity contribution is 7.12. The van der Waals surface area contributed by atoms with Crippen LogP contribution in [-0.4, -0.2) is 25.5 Å². The molecule has 1 atom stereocenters. The number of hydrogen-bond donors (Lipinski definition) is 0. The summed E-state index contributed by atoms with van der Waals surface area (Å²) in [6, 6.07) is 19.9. The SMILES string of the molecule is Cc1cc(C(CCN(C)C)Oc2ccc(Oc3ccccc3)cc2)c(C)s1. The number of ether oxygens (including phenoxy) is 2. The van der Waals surface area contributed by atoms with E-state index in [0.29, 0.717) is 0 Å². The van der Waals surface area contributed by atoms with Crippen molar-refractivity contribution in [3.8, 4) is 17.2 Å². The molecular weight excluding hydrogens is 354 g/mol. The van der Waals surface area contributed by atoms with Gasteiger partial charge >= 0.3 is 0 Å². The molecule has 0 aliphatic heterocycles. The van der Waals surface area contributed by atoms with Gasteiger partial charge < -0.3 is 14.4 Å². The van der Waals surface area contributed by atoms with Crippen LogP contribution in [0.15, 0.2) is 60.7 Å². The zero-order chi connectivity index (χ0) is 19.2. The van der Waals surface area contributed by atoms with Crippen molar-refractivity contribution in [3.05, 3.63) is 76.0 Å². The van der Waals surface area contributed by atoms with Crippen molar-refractivity contribution in [1.82, 2.24) is 4.90 Å². The van der Waals surface area contributed by atoms with Crippen LogP contribution in [0.3, 0.4) is 0 Å². The van der Waals surface area contributed by atoms with Crippen LogP contribution in [-0.2, 0) is 0 Å². The van der Waals surface area contributed by atoms with Crippen LogP contribution >= 0.6 is 11.3 Å². The van der Waals surface area contributed by atoms with Gasteiger partial charge in [-0.2, -0.15) is 0 Å². The Labute approximate surface area is 166 Å². The van der Waals surface area contributed by atoms with E-state index < -0.39 is 0 Å². The van der Waals surface area contributed by atoms with Crippen molar-refractivity contribution in [2.24, 2.45) is 0 Å². The molecule has 4 heteroatoms. The molecule has 0 bridgehead atoms. The highest BCUT2D eigenvalue weighted by atomic mass is 32.1. The Kier molecular flexibility index (Phi) is 6.54.